The summed E-state index contributed by atoms with van der Waals surface area (Å²) in [6.45, 7) is 3.96. The highest BCUT2D eigenvalue weighted by atomic mass is 16.5. The summed E-state index contributed by atoms with van der Waals surface area (Å²) in [5.41, 5.74) is 1.51. The summed E-state index contributed by atoms with van der Waals surface area (Å²) in [6.07, 6.45) is 4.79. The lowest BCUT2D eigenvalue weighted by Crippen LogP contribution is -2.34. The van der Waals surface area contributed by atoms with Crippen molar-refractivity contribution in [2.24, 2.45) is 0 Å². The molecule has 0 unspecified atom stereocenters. The van der Waals surface area contributed by atoms with Crippen LogP contribution in [0.15, 0.2) is 54.4 Å². The second-order valence-corrected chi connectivity index (χ2v) is 6.29. The SMILES string of the molecule is CC(C)NC(=O)COc1ccc(/C=C(\C#N)C(=O)NCc2cccnc2)cc1. The molecular formula is C21H22N4O3. The lowest BCUT2D eigenvalue weighted by atomic mass is 10.1. The van der Waals surface area contributed by atoms with E-state index in [0.29, 0.717) is 11.3 Å². The van der Waals surface area contributed by atoms with Gasteiger partial charge in [0, 0.05) is 25.0 Å². The van der Waals surface area contributed by atoms with E-state index in [1.165, 1.54) is 6.08 Å². The number of carbonyl (C=O) groups is 2. The smallest absolute Gasteiger partial charge is 0.262 e. The number of carbonyl (C=O) groups excluding carboxylic acids is 2. The average molecular weight is 378 g/mol. The maximum Gasteiger partial charge on any atom is 0.262 e. The Labute approximate surface area is 164 Å². The maximum atomic E-state index is 12.2. The number of benzene rings is 1. The Morgan fingerprint density at radius 3 is 2.61 bits per heavy atom. The minimum absolute atomic E-state index is 0.00568. The second kappa shape index (κ2) is 10.5. The molecule has 7 nitrogen and oxygen atoms in total. The lowest BCUT2D eigenvalue weighted by molar-refractivity contribution is -0.123. The molecule has 0 aliphatic heterocycles. The summed E-state index contributed by atoms with van der Waals surface area (Å²) in [5, 5.41) is 14.7. The van der Waals surface area contributed by atoms with Crippen LogP contribution in [0.1, 0.15) is 25.0 Å². The number of nitrogens with zero attached hydrogens (tertiary/aromatic N) is 2. The lowest BCUT2D eigenvalue weighted by Gasteiger charge is -2.09. The zero-order chi connectivity index (χ0) is 20.4. The highest BCUT2D eigenvalue weighted by Crippen LogP contribution is 2.14. The van der Waals surface area contributed by atoms with Crippen molar-refractivity contribution in [1.82, 2.24) is 15.6 Å². The Bertz CT molecular complexity index is 869. The zero-order valence-corrected chi connectivity index (χ0v) is 15.8. The van der Waals surface area contributed by atoms with Crippen LogP contribution in [-0.2, 0) is 16.1 Å². The first-order valence-corrected chi connectivity index (χ1v) is 8.79. The number of pyridine rings is 1. The van der Waals surface area contributed by atoms with Crippen molar-refractivity contribution in [1.29, 1.82) is 5.26 Å². The second-order valence-electron chi connectivity index (χ2n) is 6.29. The highest BCUT2D eigenvalue weighted by molar-refractivity contribution is 6.01. The fourth-order valence-electron chi connectivity index (χ4n) is 2.27. The fraction of sp³-hybridized carbons (Fsp3) is 0.238. The summed E-state index contributed by atoms with van der Waals surface area (Å²) in [7, 11) is 0. The molecule has 0 fully saturated rings. The van der Waals surface area contributed by atoms with E-state index in [4.69, 9.17) is 4.74 Å². The first-order valence-electron chi connectivity index (χ1n) is 8.79. The van der Waals surface area contributed by atoms with E-state index in [2.05, 4.69) is 15.6 Å². The van der Waals surface area contributed by atoms with Gasteiger partial charge in [-0.1, -0.05) is 18.2 Å². The Morgan fingerprint density at radius 1 is 1.25 bits per heavy atom. The molecule has 0 aliphatic rings. The van der Waals surface area contributed by atoms with E-state index in [9.17, 15) is 14.9 Å². The third-order valence-corrected chi connectivity index (χ3v) is 3.55. The van der Waals surface area contributed by atoms with E-state index in [1.807, 2.05) is 26.0 Å². The number of aromatic nitrogens is 1. The first kappa shape index (κ1) is 20.6. The molecule has 0 saturated carbocycles. The minimum Gasteiger partial charge on any atom is -0.484 e. The fourth-order valence-corrected chi connectivity index (χ4v) is 2.27. The molecule has 1 aromatic carbocycles. The quantitative estimate of drug-likeness (QED) is 0.541. The summed E-state index contributed by atoms with van der Waals surface area (Å²) in [5.74, 6) is -0.136. The van der Waals surface area contributed by atoms with Gasteiger partial charge in [-0.3, -0.25) is 14.6 Å². The van der Waals surface area contributed by atoms with Crippen molar-refractivity contribution in [3.05, 3.63) is 65.5 Å². The van der Waals surface area contributed by atoms with Crippen LogP contribution < -0.4 is 15.4 Å². The molecule has 28 heavy (non-hydrogen) atoms. The molecule has 1 aromatic heterocycles. The van der Waals surface area contributed by atoms with Crippen molar-refractivity contribution in [3.63, 3.8) is 0 Å². The Hall–Kier alpha value is -3.66. The van der Waals surface area contributed by atoms with Crippen molar-refractivity contribution in [2.45, 2.75) is 26.4 Å². The summed E-state index contributed by atoms with van der Waals surface area (Å²) < 4.78 is 5.41. The Balaban J connectivity index is 1.93. The van der Waals surface area contributed by atoms with Gasteiger partial charge in [0.1, 0.15) is 17.4 Å². The van der Waals surface area contributed by atoms with E-state index >= 15 is 0 Å². The van der Waals surface area contributed by atoms with Crippen LogP contribution in [-0.4, -0.2) is 29.4 Å². The third kappa shape index (κ3) is 6.92. The minimum atomic E-state index is -0.461. The molecule has 2 amide bonds. The molecule has 0 radical (unpaired) electrons. The molecular weight excluding hydrogens is 356 g/mol. The molecule has 0 bridgehead atoms. The van der Waals surface area contributed by atoms with Crippen molar-refractivity contribution in [3.8, 4) is 11.8 Å². The van der Waals surface area contributed by atoms with Crippen LogP contribution in [0.25, 0.3) is 6.08 Å². The van der Waals surface area contributed by atoms with Gasteiger partial charge in [-0.05, 0) is 49.2 Å². The van der Waals surface area contributed by atoms with Crippen LogP contribution in [0.5, 0.6) is 5.75 Å². The van der Waals surface area contributed by atoms with Gasteiger partial charge in [0.25, 0.3) is 11.8 Å². The van der Waals surface area contributed by atoms with Crippen LogP contribution in [0.2, 0.25) is 0 Å². The maximum absolute atomic E-state index is 12.2. The van der Waals surface area contributed by atoms with Gasteiger partial charge in [-0.2, -0.15) is 5.26 Å². The van der Waals surface area contributed by atoms with E-state index < -0.39 is 5.91 Å². The summed E-state index contributed by atoms with van der Waals surface area (Å²) >= 11 is 0. The van der Waals surface area contributed by atoms with Gasteiger partial charge in [0.2, 0.25) is 0 Å². The number of amides is 2. The van der Waals surface area contributed by atoms with Gasteiger partial charge in [0.05, 0.1) is 0 Å². The molecule has 2 N–H and O–H groups in total. The molecule has 0 spiro atoms. The zero-order valence-electron chi connectivity index (χ0n) is 15.8. The predicted octanol–water partition coefficient (Wildman–Crippen LogP) is 2.21. The highest BCUT2D eigenvalue weighted by Gasteiger charge is 2.09. The van der Waals surface area contributed by atoms with Gasteiger partial charge in [0.15, 0.2) is 6.61 Å². The number of nitriles is 1. The Kier molecular flexibility index (Phi) is 7.73. The number of hydrogen-bond donors (Lipinski definition) is 2. The normalized spacial score (nSPS) is 10.9. The van der Waals surface area contributed by atoms with Crippen molar-refractivity contribution < 1.29 is 14.3 Å². The van der Waals surface area contributed by atoms with Crippen molar-refractivity contribution >= 4 is 17.9 Å². The topological polar surface area (TPSA) is 104 Å². The standard InChI is InChI=1S/C21H22N4O3/c1-15(2)25-20(26)14-28-19-7-5-16(6-8-19)10-18(11-22)21(27)24-13-17-4-3-9-23-12-17/h3-10,12,15H,13-14H2,1-2H3,(H,24,27)(H,25,26)/b18-10+. The van der Waals surface area contributed by atoms with Crippen molar-refractivity contribution in [2.75, 3.05) is 6.61 Å². The number of hydrogen-bond acceptors (Lipinski definition) is 5. The van der Waals surface area contributed by atoms with E-state index in [1.54, 1.807) is 42.7 Å². The largest absolute Gasteiger partial charge is 0.484 e. The molecule has 0 aliphatic carbocycles. The van der Waals surface area contributed by atoms with E-state index in [-0.39, 0.29) is 30.7 Å². The molecule has 1 heterocycles. The summed E-state index contributed by atoms with van der Waals surface area (Å²) in [4.78, 5) is 27.8. The molecule has 2 aromatic rings. The molecule has 7 heteroatoms. The molecule has 0 saturated heterocycles. The monoisotopic (exact) mass is 378 g/mol. The number of ether oxygens (including phenoxy) is 1. The van der Waals surface area contributed by atoms with Crippen LogP contribution in [0, 0.1) is 11.3 Å². The van der Waals surface area contributed by atoms with Crippen LogP contribution >= 0.6 is 0 Å². The predicted molar refractivity (Wildman–Crippen MR) is 105 cm³/mol. The number of nitrogens with one attached hydrogen (secondary N) is 2. The first-order chi connectivity index (χ1) is 13.5. The molecule has 2 rings (SSSR count). The van der Waals surface area contributed by atoms with Crippen LogP contribution in [0.4, 0.5) is 0 Å². The molecule has 0 atom stereocenters. The molecule has 144 valence electrons. The van der Waals surface area contributed by atoms with Gasteiger partial charge >= 0.3 is 0 Å². The Morgan fingerprint density at radius 2 is 2.00 bits per heavy atom. The van der Waals surface area contributed by atoms with Gasteiger partial charge in [-0.25, -0.2) is 0 Å². The van der Waals surface area contributed by atoms with E-state index in [0.717, 1.165) is 5.56 Å². The summed E-state index contributed by atoms with van der Waals surface area (Å²) in [6, 6.07) is 12.3. The van der Waals surface area contributed by atoms with Gasteiger partial charge in [-0.15, -0.1) is 0 Å². The number of rotatable bonds is 8. The average Bonchev–Trinajstić information content (AvgIpc) is 2.70. The third-order valence-electron chi connectivity index (χ3n) is 3.55. The van der Waals surface area contributed by atoms with Crippen LogP contribution in [0.3, 0.4) is 0 Å². The van der Waals surface area contributed by atoms with Gasteiger partial charge < -0.3 is 15.4 Å².